The lowest BCUT2D eigenvalue weighted by molar-refractivity contribution is -0.117. The second kappa shape index (κ2) is 7.96. The molecular weight excluding hydrogens is 320 g/mol. The van der Waals surface area contributed by atoms with Crippen molar-refractivity contribution >= 4 is 17.5 Å². The van der Waals surface area contributed by atoms with Crippen molar-refractivity contribution in [1.29, 1.82) is 0 Å². The average Bonchev–Trinajstić information content (AvgIpc) is 3.12. The minimum absolute atomic E-state index is 0.0478. The largest absolute Gasteiger partial charge is 0.467 e. The van der Waals surface area contributed by atoms with Gasteiger partial charge in [0, 0.05) is 31.9 Å². The number of para-hydroxylation sites is 1. The number of piperazine rings is 1. The molecule has 0 saturated carbocycles. The van der Waals surface area contributed by atoms with Crippen molar-refractivity contribution in [1.82, 2.24) is 9.80 Å². The maximum absolute atomic E-state index is 12.4. The van der Waals surface area contributed by atoms with Crippen LogP contribution in [0.2, 0.25) is 0 Å². The van der Waals surface area contributed by atoms with Crippen molar-refractivity contribution in [2.45, 2.75) is 6.54 Å². The number of nitrogens with zero attached hydrogens (tertiary/aromatic N) is 2. The smallest absolute Gasteiger partial charge is 0.257 e. The Morgan fingerprint density at radius 2 is 1.84 bits per heavy atom. The third-order valence-electron chi connectivity index (χ3n) is 4.19. The summed E-state index contributed by atoms with van der Waals surface area (Å²) in [7, 11) is 0. The van der Waals surface area contributed by atoms with Crippen molar-refractivity contribution in [3.8, 4) is 0 Å². The van der Waals surface area contributed by atoms with E-state index in [1.807, 2.05) is 35.2 Å². The number of nitrogens with one attached hydrogen (secondary N) is 1. The second-order valence-electron chi connectivity index (χ2n) is 5.99. The first kappa shape index (κ1) is 17.2. The number of amides is 2. The number of anilines is 1. The van der Waals surface area contributed by atoms with E-state index in [9.17, 15) is 9.59 Å². The van der Waals surface area contributed by atoms with Crippen molar-refractivity contribution < 1.29 is 14.0 Å². The molecule has 0 unspecified atom stereocenters. The van der Waals surface area contributed by atoms with Crippen LogP contribution in [-0.4, -0.2) is 54.3 Å². The lowest BCUT2D eigenvalue weighted by Gasteiger charge is -2.34. The Balaban J connectivity index is 1.46. The van der Waals surface area contributed by atoms with Crippen molar-refractivity contribution in [2.24, 2.45) is 5.73 Å². The molecular formula is C18H22N4O3. The molecule has 3 rings (SSSR count). The Morgan fingerprint density at radius 3 is 2.48 bits per heavy atom. The molecule has 1 aliphatic heterocycles. The molecule has 2 amide bonds. The van der Waals surface area contributed by atoms with Gasteiger partial charge in [0.2, 0.25) is 5.91 Å². The third-order valence-corrected chi connectivity index (χ3v) is 4.19. The fourth-order valence-corrected chi connectivity index (χ4v) is 2.82. The van der Waals surface area contributed by atoms with Crippen LogP contribution in [0.4, 0.5) is 5.69 Å². The maximum Gasteiger partial charge on any atom is 0.257 e. The number of hydrogen-bond acceptors (Lipinski definition) is 5. The van der Waals surface area contributed by atoms with Gasteiger partial charge in [0.15, 0.2) is 0 Å². The quantitative estimate of drug-likeness (QED) is 0.850. The third kappa shape index (κ3) is 4.46. The number of hydrogen-bond donors (Lipinski definition) is 2. The Bertz CT molecular complexity index is 721. The van der Waals surface area contributed by atoms with Crippen LogP contribution >= 0.6 is 0 Å². The number of furan rings is 1. The van der Waals surface area contributed by atoms with E-state index < -0.39 is 0 Å². The van der Waals surface area contributed by atoms with Gasteiger partial charge < -0.3 is 20.4 Å². The summed E-state index contributed by atoms with van der Waals surface area (Å²) in [6.07, 6.45) is 1.45. The molecule has 2 heterocycles. The minimum Gasteiger partial charge on any atom is -0.467 e. The van der Waals surface area contributed by atoms with Gasteiger partial charge in [-0.05, 0) is 18.2 Å². The summed E-state index contributed by atoms with van der Waals surface area (Å²) in [5, 5.41) is 2.87. The monoisotopic (exact) mass is 342 g/mol. The van der Waals surface area contributed by atoms with Crippen LogP contribution in [0.3, 0.4) is 0 Å². The predicted octanol–water partition coefficient (Wildman–Crippen LogP) is 1.13. The van der Waals surface area contributed by atoms with Crippen molar-refractivity contribution in [3.05, 3.63) is 54.0 Å². The predicted molar refractivity (Wildman–Crippen MR) is 94.0 cm³/mol. The molecule has 3 N–H and O–H groups in total. The summed E-state index contributed by atoms with van der Waals surface area (Å²) in [6, 6.07) is 11.1. The van der Waals surface area contributed by atoms with Crippen LogP contribution in [0.1, 0.15) is 16.1 Å². The molecule has 0 aliphatic carbocycles. The molecule has 0 atom stereocenters. The highest BCUT2D eigenvalue weighted by Crippen LogP contribution is 2.13. The summed E-state index contributed by atoms with van der Waals surface area (Å²) < 4.78 is 5.22. The van der Waals surface area contributed by atoms with Gasteiger partial charge in [-0.2, -0.15) is 0 Å². The molecule has 1 fully saturated rings. The Morgan fingerprint density at radius 1 is 1.12 bits per heavy atom. The first-order chi connectivity index (χ1) is 12.2. The van der Waals surface area contributed by atoms with Gasteiger partial charge in [0.25, 0.3) is 5.91 Å². The topological polar surface area (TPSA) is 91.8 Å². The van der Waals surface area contributed by atoms with Crippen LogP contribution in [0, 0.1) is 0 Å². The molecule has 7 heteroatoms. The molecule has 2 aromatic rings. The number of nitrogens with two attached hydrogens (primary N) is 1. The van der Waals surface area contributed by atoms with Gasteiger partial charge in [-0.3, -0.25) is 14.5 Å². The van der Waals surface area contributed by atoms with Gasteiger partial charge in [0.1, 0.15) is 12.0 Å². The van der Waals surface area contributed by atoms with Crippen LogP contribution in [0.15, 0.2) is 47.1 Å². The van der Waals surface area contributed by atoms with Crippen LogP contribution in [-0.2, 0) is 11.3 Å². The van der Waals surface area contributed by atoms with Gasteiger partial charge in [-0.1, -0.05) is 18.2 Å². The molecule has 0 radical (unpaired) electrons. The standard InChI is InChI=1S/C18H22N4O3/c19-11-16-10-14(13-25-16)18(24)22-8-6-21(7-9-22)12-17(23)20-15-4-2-1-3-5-15/h1-5,10,13H,6-9,11-12,19H2,(H,20,23). The van der Waals surface area contributed by atoms with Crippen molar-refractivity contribution in [3.63, 3.8) is 0 Å². The van der Waals surface area contributed by atoms with E-state index in [-0.39, 0.29) is 18.4 Å². The lowest BCUT2D eigenvalue weighted by atomic mass is 10.2. The summed E-state index contributed by atoms with van der Waals surface area (Å²) in [5.74, 6) is 0.491. The van der Waals surface area contributed by atoms with E-state index in [2.05, 4.69) is 5.32 Å². The van der Waals surface area contributed by atoms with E-state index in [1.54, 1.807) is 11.0 Å². The summed E-state index contributed by atoms with van der Waals surface area (Å²) in [5.41, 5.74) is 6.81. The zero-order valence-electron chi connectivity index (χ0n) is 14.0. The van der Waals surface area contributed by atoms with Crippen LogP contribution < -0.4 is 11.1 Å². The Hall–Kier alpha value is -2.64. The second-order valence-corrected chi connectivity index (χ2v) is 5.99. The highest BCUT2D eigenvalue weighted by atomic mass is 16.3. The molecule has 0 spiro atoms. The Labute approximate surface area is 146 Å². The molecule has 1 aliphatic rings. The molecule has 1 saturated heterocycles. The molecule has 1 aromatic carbocycles. The van der Waals surface area contributed by atoms with Crippen molar-refractivity contribution in [2.75, 3.05) is 38.0 Å². The summed E-state index contributed by atoms with van der Waals surface area (Å²) in [6.45, 7) is 3.09. The van der Waals surface area contributed by atoms with Gasteiger partial charge >= 0.3 is 0 Å². The van der Waals surface area contributed by atoms with Gasteiger partial charge in [-0.25, -0.2) is 0 Å². The van der Waals surface area contributed by atoms with Crippen LogP contribution in [0.5, 0.6) is 0 Å². The zero-order chi connectivity index (χ0) is 17.6. The summed E-state index contributed by atoms with van der Waals surface area (Å²) >= 11 is 0. The Kier molecular flexibility index (Phi) is 5.47. The van der Waals surface area contributed by atoms with Gasteiger partial charge in [-0.15, -0.1) is 0 Å². The lowest BCUT2D eigenvalue weighted by Crippen LogP contribution is -2.50. The van der Waals surface area contributed by atoms with E-state index in [1.165, 1.54) is 6.26 Å². The fraction of sp³-hybridized carbons (Fsp3) is 0.333. The maximum atomic E-state index is 12.4. The zero-order valence-corrected chi connectivity index (χ0v) is 14.0. The number of carbonyl (C=O) groups is 2. The van der Waals surface area contributed by atoms with E-state index >= 15 is 0 Å². The SMILES string of the molecule is NCc1cc(C(=O)N2CCN(CC(=O)Nc3ccccc3)CC2)co1. The molecule has 132 valence electrons. The fourth-order valence-electron chi connectivity index (χ4n) is 2.82. The number of benzene rings is 1. The molecule has 25 heavy (non-hydrogen) atoms. The molecule has 1 aromatic heterocycles. The minimum atomic E-state index is -0.0585. The van der Waals surface area contributed by atoms with Crippen LogP contribution in [0.25, 0.3) is 0 Å². The van der Waals surface area contributed by atoms with E-state index in [4.69, 9.17) is 10.2 Å². The summed E-state index contributed by atoms with van der Waals surface area (Å²) in [4.78, 5) is 28.3. The van der Waals surface area contributed by atoms with Gasteiger partial charge in [0.05, 0.1) is 18.7 Å². The highest BCUT2D eigenvalue weighted by molar-refractivity contribution is 5.94. The number of rotatable bonds is 5. The van der Waals surface area contributed by atoms with E-state index in [0.29, 0.717) is 44.0 Å². The van der Waals surface area contributed by atoms with E-state index in [0.717, 1.165) is 5.69 Å². The first-order valence-electron chi connectivity index (χ1n) is 8.29. The molecule has 7 nitrogen and oxygen atoms in total. The normalized spacial score (nSPS) is 15.2. The number of carbonyl (C=O) groups excluding carboxylic acids is 2. The first-order valence-corrected chi connectivity index (χ1v) is 8.29. The average molecular weight is 342 g/mol. The molecule has 0 bridgehead atoms. The highest BCUT2D eigenvalue weighted by Gasteiger charge is 2.24.